The predicted octanol–water partition coefficient (Wildman–Crippen LogP) is 6.46. The van der Waals surface area contributed by atoms with Gasteiger partial charge in [0.05, 0.1) is 0 Å². The Morgan fingerprint density at radius 2 is 1.54 bits per heavy atom. The molecule has 0 radical (unpaired) electrons. The molecule has 0 unspecified atom stereocenters. The van der Waals surface area contributed by atoms with Crippen molar-refractivity contribution in [2.45, 2.75) is 53.9 Å². The fourth-order valence-electron chi connectivity index (χ4n) is 2.88. The second kappa shape index (κ2) is 11.4. The monoisotopic (exact) mass is 404 g/mol. The minimum absolute atomic E-state index is 0. The summed E-state index contributed by atoms with van der Waals surface area (Å²) in [5.41, 5.74) is 4.17. The van der Waals surface area contributed by atoms with Crippen molar-refractivity contribution >= 4 is 24.8 Å². The quantitative estimate of drug-likeness (QED) is 0.474. The zero-order valence-electron chi connectivity index (χ0n) is 15.4. The van der Waals surface area contributed by atoms with Crippen LogP contribution in [0, 0.1) is 18.8 Å². The molecule has 24 heavy (non-hydrogen) atoms. The topological polar surface area (TPSA) is 9.23 Å². The van der Waals surface area contributed by atoms with E-state index in [0.717, 1.165) is 19.3 Å². The minimum Gasteiger partial charge on any atom is -0.147 e. The van der Waals surface area contributed by atoms with E-state index >= 15 is 0 Å². The van der Waals surface area contributed by atoms with E-state index in [4.69, 9.17) is 3.32 Å². The number of halogens is 2. The van der Waals surface area contributed by atoms with E-state index in [1.807, 2.05) is 0 Å². The van der Waals surface area contributed by atoms with Gasteiger partial charge in [-0.25, -0.2) is 0 Å². The summed E-state index contributed by atoms with van der Waals surface area (Å²) < 4.78 is 7.92. The van der Waals surface area contributed by atoms with Gasteiger partial charge in [0.25, 0.3) is 0 Å². The molecule has 2 rings (SSSR count). The Labute approximate surface area is 169 Å². The average molecular weight is 405 g/mol. The molecular weight excluding hydrogens is 375 g/mol. The zero-order valence-corrected chi connectivity index (χ0v) is 18.6. The third-order valence-corrected chi connectivity index (χ3v) is 5.17. The Hall–Kier alpha value is -0.206. The van der Waals surface area contributed by atoms with Gasteiger partial charge in [-0.15, -0.1) is 24.8 Å². The van der Waals surface area contributed by atoms with Crippen molar-refractivity contribution in [1.82, 2.24) is 0 Å². The van der Waals surface area contributed by atoms with Gasteiger partial charge >= 0.3 is 145 Å². The summed E-state index contributed by atoms with van der Waals surface area (Å²) in [7, 11) is 0. The summed E-state index contributed by atoms with van der Waals surface area (Å²) in [6.07, 6.45) is 9.91. The van der Waals surface area contributed by atoms with Crippen molar-refractivity contribution < 1.29 is 22.9 Å². The first kappa shape index (κ1) is 23.8. The summed E-state index contributed by atoms with van der Waals surface area (Å²) in [5, 5.41) is 0. The van der Waals surface area contributed by atoms with Gasteiger partial charge in [-0.05, 0) is 0 Å². The first-order valence-electron chi connectivity index (χ1n) is 8.36. The number of allylic oxidation sites excluding steroid dienone is 4. The molecule has 1 aliphatic rings. The fourth-order valence-corrected chi connectivity index (χ4v) is 4.23. The molecule has 0 fully saturated rings. The first-order valence-corrected chi connectivity index (χ1v) is 9.78. The molecule has 0 saturated heterocycles. The van der Waals surface area contributed by atoms with Gasteiger partial charge in [0.15, 0.2) is 0 Å². The standard InChI is InChI=1S/C15H24O.C5H5.2ClH.Ti/c1-10(2)6-13-8-12(5)9-14(15(13)16)7-11(3)4;1-2-4-5-3-1;;;/h8-11,16H,6-7H2,1-5H3;1-3H,4H2;2*1H;/q;;;;+1/p-1. The van der Waals surface area contributed by atoms with E-state index in [-0.39, 0.29) is 24.8 Å². The van der Waals surface area contributed by atoms with E-state index in [1.54, 1.807) is 0 Å². The summed E-state index contributed by atoms with van der Waals surface area (Å²) in [6, 6.07) is 4.65. The van der Waals surface area contributed by atoms with Crippen LogP contribution in [0.4, 0.5) is 0 Å². The van der Waals surface area contributed by atoms with Gasteiger partial charge in [0.2, 0.25) is 0 Å². The smallest absolute Gasteiger partial charge is 0.147 e. The Bertz CT molecular complexity index is 546. The molecule has 0 atom stereocenters. The molecule has 0 heterocycles. The maximum Gasteiger partial charge on any atom is -0.147 e. The number of benzene rings is 1. The van der Waals surface area contributed by atoms with E-state index < -0.39 is 19.5 Å². The molecule has 4 heteroatoms. The zero-order chi connectivity index (χ0) is 16.1. The number of rotatable bonds is 7. The number of hydrogen-bond acceptors (Lipinski definition) is 1. The molecule has 1 aromatic carbocycles. The van der Waals surface area contributed by atoms with Gasteiger partial charge in [-0.1, -0.05) is 0 Å². The molecule has 0 amide bonds. The van der Waals surface area contributed by atoms with Gasteiger partial charge in [0.1, 0.15) is 0 Å². The van der Waals surface area contributed by atoms with Gasteiger partial charge in [0, 0.05) is 0 Å². The molecular formula is C20H30Cl2OTi. The average Bonchev–Trinajstić information content (AvgIpc) is 2.89. The second-order valence-corrected chi connectivity index (χ2v) is 8.78. The summed E-state index contributed by atoms with van der Waals surface area (Å²) >= 11 is -0.500. The second-order valence-electron chi connectivity index (χ2n) is 7.14. The maximum absolute atomic E-state index is 6.43. The molecule has 0 bridgehead atoms. The van der Waals surface area contributed by atoms with Crippen molar-refractivity contribution in [3.05, 3.63) is 50.9 Å². The van der Waals surface area contributed by atoms with E-state index in [0.29, 0.717) is 11.8 Å². The van der Waals surface area contributed by atoms with Crippen LogP contribution in [0.2, 0.25) is 0 Å². The molecule has 0 spiro atoms. The molecule has 1 aromatic rings. The normalized spacial score (nSPS) is 12.7. The number of hydrogen-bond donors (Lipinski definition) is 0. The van der Waals surface area contributed by atoms with Crippen molar-refractivity contribution in [2.24, 2.45) is 11.8 Å². The van der Waals surface area contributed by atoms with E-state index in [1.165, 1.54) is 26.3 Å². The molecule has 1 nitrogen and oxygen atoms in total. The van der Waals surface area contributed by atoms with Crippen molar-refractivity contribution in [1.29, 1.82) is 0 Å². The molecule has 134 valence electrons. The first-order chi connectivity index (χ1) is 10.5. The van der Waals surface area contributed by atoms with Gasteiger partial charge in [-0.3, -0.25) is 0 Å². The van der Waals surface area contributed by atoms with Crippen LogP contribution in [0.3, 0.4) is 0 Å². The van der Waals surface area contributed by atoms with E-state index in [9.17, 15) is 0 Å². The third kappa shape index (κ3) is 7.36. The Kier molecular flexibility index (Phi) is 11.3. The molecule has 0 N–H and O–H groups in total. The molecule has 0 saturated carbocycles. The van der Waals surface area contributed by atoms with Crippen LogP contribution in [0.1, 0.15) is 50.8 Å². The van der Waals surface area contributed by atoms with Crippen LogP contribution in [-0.2, 0) is 32.4 Å². The van der Waals surface area contributed by atoms with Crippen LogP contribution < -0.4 is 3.32 Å². The van der Waals surface area contributed by atoms with E-state index in [2.05, 4.69) is 65.0 Å². The molecule has 0 aromatic heterocycles. The van der Waals surface area contributed by atoms with Crippen LogP contribution in [-0.4, -0.2) is 0 Å². The molecule has 1 aliphatic carbocycles. The SMILES string of the molecule is Cc1cc(CC(C)C)c([O][Ti][C]2=CC=CC2)c(CC(C)C)c1.Cl.Cl. The van der Waals surface area contributed by atoms with Gasteiger partial charge < -0.3 is 0 Å². The third-order valence-electron chi connectivity index (χ3n) is 3.70. The Balaban J connectivity index is 0.00000264. The van der Waals surface area contributed by atoms with Crippen molar-refractivity contribution in [3.63, 3.8) is 0 Å². The minimum atomic E-state index is -0.500. The van der Waals surface area contributed by atoms with Crippen LogP contribution in [0.15, 0.2) is 34.2 Å². The fraction of sp³-hybridized carbons (Fsp3) is 0.500. The maximum atomic E-state index is 6.43. The van der Waals surface area contributed by atoms with Crippen LogP contribution in [0.5, 0.6) is 5.75 Å². The largest absolute Gasteiger partial charge is 0.147 e. The summed E-state index contributed by atoms with van der Waals surface area (Å²) in [6.45, 7) is 11.3. The van der Waals surface area contributed by atoms with Crippen molar-refractivity contribution in [3.8, 4) is 5.75 Å². The summed E-state index contributed by atoms with van der Waals surface area (Å²) in [5.74, 6) is 2.51. The van der Waals surface area contributed by atoms with Crippen molar-refractivity contribution in [2.75, 3.05) is 0 Å². The Morgan fingerprint density at radius 1 is 1.00 bits per heavy atom. The molecule has 0 aliphatic heterocycles. The number of aryl methyl sites for hydroxylation is 1. The van der Waals surface area contributed by atoms with Crippen LogP contribution in [0.25, 0.3) is 0 Å². The Morgan fingerprint density at radius 3 is 1.96 bits per heavy atom. The van der Waals surface area contributed by atoms with Crippen LogP contribution >= 0.6 is 24.8 Å². The summed E-state index contributed by atoms with van der Waals surface area (Å²) in [4.78, 5) is 0. The van der Waals surface area contributed by atoms with Gasteiger partial charge in [-0.2, -0.15) is 0 Å². The predicted molar refractivity (Wildman–Crippen MR) is 105 cm³/mol.